The normalized spacial score (nSPS) is 15.6. The van der Waals surface area contributed by atoms with Crippen molar-refractivity contribution < 1.29 is 28.9 Å². The third-order valence-corrected chi connectivity index (χ3v) is 4.97. The fraction of sp³-hybridized carbons (Fsp3) is 0.292. The van der Waals surface area contributed by atoms with Crippen LogP contribution in [0, 0.1) is 11.3 Å². The van der Waals surface area contributed by atoms with Gasteiger partial charge in [-0.05, 0) is 54.3 Å². The molecular formula is C24H24N2O6. The third-order valence-electron chi connectivity index (χ3n) is 4.97. The number of carboxylic acid groups (broad SMARTS) is 1. The first-order chi connectivity index (χ1) is 15.5. The molecule has 1 amide bonds. The molecular weight excluding hydrogens is 412 g/mol. The lowest BCUT2D eigenvalue weighted by Crippen LogP contribution is -2.32. The minimum absolute atomic E-state index is 0.00394. The minimum Gasteiger partial charge on any atom is -0.493 e. The van der Waals surface area contributed by atoms with Gasteiger partial charge in [-0.2, -0.15) is 5.26 Å². The molecule has 0 saturated carbocycles. The number of rotatable bonds is 9. The number of carbonyl (C=O) groups is 2. The number of aromatic carboxylic acids is 1. The molecule has 3 rings (SSSR count). The highest BCUT2D eigenvalue weighted by Crippen LogP contribution is 2.29. The summed E-state index contributed by atoms with van der Waals surface area (Å²) in [7, 11) is 1.50. The zero-order valence-corrected chi connectivity index (χ0v) is 17.7. The van der Waals surface area contributed by atoms with E-state index >= 15 is 0 Å². The largest absolute Gasteiger partial charge is 0.493 e. The number of carbonyl (C=O) groups excluding carboxylic acids is 1. The van der Waals surface area contributed by atoms with E-state index in [0.717, 1.165) is 18.4 Å². The Bertz CT molecular complexity index is 1030. The molecule has 1 unspecified atom stereocenters. The van der Waals surface area contributed by atoms with Crippen molar-refractivity contribution in [3.05, 3.63) is 64.7 Å². The Morgan fingerprint density at radius 3 is 2.66 bits per heavy atom. The van der Waals surface area contributed by atoms with Crippen LogP contribution in [-0.2, 0) is 16.1 Å². The Morgan fingerprint density at radius 2 is 2.03 bits per heavy atom. The molecule has 166 valence electrons. The van der Waals surface area contributed by atoms with Crippen molar-refractivity contribution in [3.8, 4) is 17.6 Å². The fourth-order valence-electron chi connectivity index (χ4n) is 3.22. The summed E-state index contributed by atoms with van der Waals surface area (Å²) in [6.45, 7) is 1.30. The number of carboxylic acids is 1. The molecule has 1 aliphatic rings. The predicted octanol–water partition coefficient (Wildman–Crippen LogP) is 3.17. The monoisotopic (exact) mass is 436 g/mol. The van der Waals surface area contributed by atoms with Crippen LogP contribution in [-0.4, -0.2) is 43.3 Å². The lowest BCUT2D eigenvalue weighted by molar-refractivity contribution is -0.117. The maximum atomic E-state index is 12.3. The first-order valence-corrected chi connectivity index (χ1v) is 10.1. The van der Waals surface area contributed by atoms with Crippen LogP contribution < -0.4 is 14.8 Å². The van der Waals surface area contributed by atoms with Gasteiger partial charge in [0, 0.05) is 13.2 Å². The molecule has 2 N–H and O–H groups in total. The Morgan fingerprint density at radius 1 is 1.25 bits per heavy atom. The van der Waals surface area contributed by atoms with E-state index in [-0.39, 0.29) is 23.8 Å². The summed E-state index contributed by atoms with van der Waals surface area (Å²) in [5.74, 6) is -0.515. The van der Waals surface area contributed by atoms with E-state index in [1.54, 1.807) is 30.3 Å². The van der Waals surface area contributed by atoms with Gasteiger partial charge in [0.25, 0.3) is 5.91 Å². The second kappa shape index (κ2) is 11.0. The number of nitrogens with one attached hydrogen (secondary N) is 1. The van der Waals surface area contributed by atoms with Gasteiger partial charge in [-0.15, -0.1) is 0 Å². The molecule has 1 atom stereocenters. The Labute approximate surface area is 186 Å². The summed E-state index contributed by atoms with van der Waals surface area (Å²) in [4.78, 5) is 23.3. The van der Waals surface area contributed by atoms with Crippen molar-refractivity contribution in [1.82, 2.24) is 5.32 Å². The molecule has 0 aromatic heterocycles. The molecule has 1 saturated heterocycles. The number of methoxy groups -OCH3 is 1. The predicted molar refractivity (Wildman–Crippen MR) is 116 cm³/mol. The number of ether oxygens (including phenoxy) is 3. The zero-order chi connectivity index (χ0) is 22.9. The summed E-state index contributed by atoms with van der Waals surface area (Å²) in [6.07, 6.45) is 3.36. The van der Waals surface area contributed by atoms with Crippen LogP contribution in [0.15, 0.2) is 48.0 Å². The fourth-order valence-corrected chi connectivity index (χ4v) is 3.22. The molecule has 1 fully saturated rings. The molecule has 8 nitrogen and oxygen atoms in total. The van der Waals surface area contributed by atoms with Crippen molar-refractivity contribution in [3.63, 3.8) is 0 Å². The van der Waals surface area contributed by atoms with Crippen molar-refractivity contribution in [2.75, 3.05) is 20.3 Å². The molecule has 1 aliphatic heterocycles. The summed E-state index contributed by atoms with van der Waals surface area (Å²) in [5.41, 5.74) is 1.60. The van der Waals surface area contributed by atoms with Crippen LogP contribution in [0.3, 0.4) is 0 Å². The van der Waals surface area contributed by atoms with Crippen LogP contribution in [0.4, 0.5) is 0 Å². The molecule has 2 aromatic carbocycles. The van der Waals surface area contributed by atoms with E-state index in [1.165, 1.54) is 25.3 Å². The van der Waals surface area contributed by atoms with Gasteiger partial charge in [0.15, 0.2) is 11.5 Å². The topological polar surface area (TPSA) is 118 Å². The van der Waals surface area contributed by atoms with Crippen molar-refractivity contribution in [2.45, 2.75) is 25.6 Å². The van der Waals surface area contributed by atoms with Crippen LogP contribution in [0.1, 0.15) is 34.3 Å². The van der Waals surface area contributed by atoms with Crippen molar-refractivity contribution >= 4 is 18.0 Å². The molecule has 0 bridgehead atoms. The Balaban J connectivity index is 1.65. The highest BCUT2D eigenvalue weighted by atomic mass is 16.5. The maximum absolute atomic E-state index is 12.3. The van der Waals surface area contributed by atoms with Gasteiger partial charge in [-0.1, -0.05) is 18.2 Å². The maximum Gasteiger partial charge on any atom is 0.335 e. The second-order valence-corrected chi connectivity index (χ2v) is 7.22. The molecule has 1 heterocycles. The third kappa shape index (κ3) is 6.09. The lowest BCUT2D eigenvalue weighted by atomic mass is 10.1. The first-order valence-electron chi connectivity index (χ1n) is 10.1. The van der Waals surface area contributed by atoms with Gasteiger partial charge in [0.05, 0.1) is 18.8 Å². The van der Waals surface area contributed by atoms with Crippen molar-refractivity contribution in [1.29, 1.82) is 5.26 Å². The number of amides is 1. The van der Waals surface area contributed by atoms with E-state index in [2.05, 4.69) is 5.32 Å². The van der Waals surface area contributed by atoms with E-state index < -0.39 is 11.9 Å². The molecule has 8 heteroatoms. The molecule has 0 spiro atoms. The van der Waals surface area contributed by atoms with Crippen LogP contribution in [0.5, 0.6) is 11.5 Å². The standard InChI is InChI=1S/C24H24N2O6/c1-30-22-12-17(11-19(13-25)23(27)26-14-20-3-2-10-31-20)6-9-21(22)32-15-16-4-7-18(8-5-16)24(28)29/h4-9,11-12,20H,2-3,10,14-15H2,1H3,(H,26,27)(H,28,29). The summed E-state index contributed by atoms with van der Waals surface area (Å²) < 4.78 is 16.7. The highest BCUT2D eigenvalue weighted by Gasteiger charge is 2.18. The molecule has 0 aliphatic carbocycles. The number of nitrogens with zero attached hydrogens (tertiary/aromatic N) is 1. The van der Waals surface area contributed by atoms with Gasteiger partial charge in [0.2, 0.25) is 0 Å². The van der Waals surface area contributed by atoms with Gasteiger partial charge in [-0.25, -0.2) is 4.79 Å². The average Bonchev–Trinajstić information content (AvgIpc) is 3.34. The quantitative estimate of drug-likeness (QED) is 0.458. The highest BCUT2D eigenvalue weighted by molar-refractivity contribution is 6.01. The summed E-state index contributed by atoms with van der Waals surface area (Å²) in [6, 6.07) is 13.4. The molecule has 32 heavy (non-hydrogen) atoms. The van der Waals surface area contributed by atoms with E-state index in [9.17, 15) is 14.9 Å². The Kier molecular flexibility index (Phi) is 7.84. The van der Waals surface area contributed by atoms with E-state index in [1.807, 2.05) is 6.07 Å². The number of hydrogen-bond donors (Lipinski definition) is 2. The number of benzene rings is 2. The van der Waals surface area contributed by atoms with E-state index in [0.29, 0.717) is 30.2 Å². The Hall–Kier alpha value is -3.83. The zero-order valence-electron chi connectivity index (χ0n) is 17.7. The van der Waals surface area contributed by atoms with Crippen LogP contribution in [0.2, 0.25) is 0 Å². The summed E-state index contributed by atoms with van der Waals surface area (Å²) >= 11 is 0. The minimum atomic E-state index is -0.986. The van der Waals surface area contributed by atoms with Crippen LogP contribution in [0.25, 0.3) is 6.08 Å². The molecule has 0 radical (unpaired) electrons. The SMILES string of the molecule is COc1cc(C=C(C#N)C(=O)NCC2CCCO2)ccc1OCc1ccc(C(=O)O)cc1. The number of hydrogen-bond acceptors (Lipinski definition) is 6. The number of nitriles is 1. The second-order valence-electron chi connectivity index (χ2n) is 7.22. The lowest BCUT2D eigenvalue weighted by Gasteiger charge is -2.12. The van der Waals surface area contributed by atoms with E-state index in [4.69, 9.17) is 19.3 Å². The van der Waals surface area contributed by atoms with Gasteiger partial charge in [0.1, 0.15) is 18.2 Å². The summed E-state index contributed by atoms with van der Waals surface area (Å²) in [5, 5.41) is 21.1. The van der Waals surface area contributed by atoms with Crippen LogP contribution >= 0.6 is 0 Å². The van der Waals surface area contributed by atoms with Gasteiger partial charge < -0.3 is 24.6 Å². The smallest absolute Gasteiger partial charge is 0.335 e. The van der Waals surface area contributed by atoms with Gasteiger partial charge in [-0.3, -0.25) is 4.79 Å². The molecule has 2 aromatic rings. The van der Waals surface area contributed by atoms with Crippen molar-refractivity contribution in [2.24, 2.45) is 0 Å². The average molecular weight is 436 g/mol. The van der Waals surface area contributed by atoms with Gasteiger partial charge >= 0.3 is 5.97 Å². The first kappa shape index (κ1) is 22.8.